The number of rotatable bonds is 5. The normalized spacial score (nSPS) is 16.7. The fourth-order valence-corrected chi connectivity index (χ4v) is 4.17. The molecule has 0 saturated carbocycles. The number of carbonyl (C=O) groups excluding carboxylic acids is 1. The van der Waals surface area contributed by atoms with Crippen molar-refractivity contribution >= 4 is 44.7 Å². The number of thiophene rings is 1. The van der Waals surface area contributed by atoms with E-state index in [4.69, 9.17) is 32.5 Å². The fraction of sp³-hybridized carbons (Fsp3) is 0.278. The lowest BCUT2D eigenvalue weighted by Gasteiger charge is -2.11. The van der Waals surface area contributed by atoms with Crippen LogP contribution in [0.2, 0.25) is 5.02 Å². The molecule has 4 N–H and O–H groups in total. The van der Waals surface area contributed by atoms with Gasteiger partial charge in [0.15, 0.2) is 0 Å². The second kappa shape index (κ2) is 7.30. The average Bonchev–Trinajstić information content (AvgIpc) is 3.27. The molecule has 140 valence electrons. The second-order valence-corrected chi connectivity index (χ2v) is 7.64. The Morgan fingerprint density at radius 3 is 2.96 bits per heavy atom. The number of nitrogen functional groups attached to an aromatic ring is 1. The number of halogens is 1. The summed E-state index contributed by atoms with van der Waals surface area (Å²) in [4.78, 5) is 21.4. The van der Waals surface area contributed by atoms with Crippen LogP contribution in [-0.2, 0) is 4.74 Å². The highest BCUT2D eigenvalue weighted by Gasteiger charge is 2.22. The van der Waals surface area contributed by atoms with Crippen molar-refractivity contribution in [2.24, 2.45) is 5.73 Å². The third-order valence-corrected chi connectivity index (χ3v) is 5.66. The zero-order chi connectivity index (χ0) is 19.0. The number of benzene rings is 1. The van der Waals surface area contributed by atoms with Crippen LogP contribution in [0.5, 0.6) is 6.01 Å². The standard InChI is InChI=1S/C18H17ClN4O3S/c19-10-4-1-3-9(7-10)14-12-13(20)15(16(21)24)27-17(12)23-18(22-14)26-8-11-5-2-6-25-11/h1,3-4,7,11H,2,5-6,8,20H2,(H2,21,24). The molecule has 1 atom stereocenters. The Balaban J connectivity index is 1.82. The zero-order valence-corrected chi connectivity index (χ0v) is 15.8. The summed E-state index contributed by atoms with van der Waals surface area (Å²) >= 11 is 7.26. The van der Waals surface area contributed by atoms with Crippen molar-refractivity contribution in [3.8, 4) is 17.3 Å². The summed E-state index contributed by atoms with van der Waals surface area (Å²) in [6.07, 6.45) is 2.00. The average molecular weight is 405 g/mol. The van der Waals surface area contributed by atoms with Gasteiger partial charge in [0.25, 0.3) is 5.91 Å². The molecule has 1 aliphatic heterocycles. The maximum absolute atomic E-state index is 11.7. The Hall–Kier alpha value is -2.42. The van der Waals surface area contributed by atoms with Gasteiger partial charge in [0.2, 0.25) is 0 Å². The molecular weight excluding hydrogens is 388 g/mol. The smallest absolute Gasteiger partial charge is 0.318 e. The summed E-state index contributed by atoms with van der Waals surface area (Å²) in [6.45, 7) is 1.11. The van der Waals surface area contributed by atoms with Crippen LogP contribution >= 0.6 is 22.9 Å². The first kappa shape index (κ1) is 18.0. The van der Waals surface area contributed by atoms with Gasteiger partial charge in [-0.3, -0.25) is 4.79 Å². The highest BCUT2D eigenvalue weighted by molar-refractivity contribution is 7.21. The second-order valence-electron chi connectivity index (χ2n) is 6.20. The van der Waals surface area contributed by atoms with Gasteiger partial charge >= 0.3 is 6.01 Å². The highest BCUT2D eigenvalue weighted by Crippen LogP contribution is 2.39. The topological polar surface area (TPSA) is 113 Å². The number of nitrogens with two attached hydrogens (primary N) is 2. The maximum Gasteiger partial charge on any atom is 0.318 e. The minimum absolute atomic E-state index is 0.0357. The fourth-order valence-electron chi connectivity index (χ4n) is 3.04. The number of carbonyl (C=O) groups is 1. The Bertz CT molecular complexity index is 1020. The van der Waals surface area contributed by atoms with Gasteiger partial charge in [0.1, 0.15) is 16.3 Å². The third-order valence-electron chi connectivity index (χ3n) is 4.31. The molecule has 1 aliphatic rings. The third kappa shape index (κ3) is 3.55. The summed E-state index contributed by atoms with van der Waals surface area (Å²) in [7, 11) is 0. The van der Waals surface area contributed by atoms with E-state index in [0.717, 1.165) is 36.3 Å². The van der Waals surface area contributed by atoms with Gasteiger partial charge in [-0.2, -0.15) is 9.97 Å². The van der Waals surface area contributed by atoms with Crippen LogP contribution in [0.25, 0.3) is 21.5 Å². The lowest BCUT2D eigenvalue weighted by Crippen LogP contribution is -2.17. The van der Waals surface area contributed by atoms with E-state index in [1.165, 1.54) is 0 Å². The van der Waals surface area contributed by atoms with E-state index < -0.39 is 5.91 Å². The summed E-state index contributed by atoms with van der Waals surface area (Å²) in [5, 5.41) is 1.13. The lowest BCUT2D eigenvalue weighted by molar-refractivity contribution is 0.0647. The number of anilines is 1. The monoisotopic (exact) mass is 404 g/mol. The minimum atomic E-state index is -0.602. The van der Waals surface area contributed by atoms with E-state index in [1.807, 2.05) is 12.1 Å². The van der Waals surface area contributed by atoms with Crippen LogP contribution in [-0.4, -0.2) is 35.2 Å². The van der Waals surface area contributed by atoms with Gasteiger partial charge in [-0.05, 0) is 25.0 Å². The molecule has 1 saturated heterocycles. The Kier molecular flexibility index (Phi) is 4.86. The van der Waals surface area contributed by atoms with Gasteiger partial charge in [-0.25, -0.2) is 0 Å². The zero-order valence-electron chi connectivity index (χ0n) is 14.3. The predicted octanol–water partition coefficient (Wildman–Crippen LogP) is 3.25. The van der Waals surface area contributed by atoms with Crippen LogP contribution in [0.3, 0.4) is 0 Å². The molecule has 7 nitrogen and oxygen atoms in total. The molecule has 0 bridgehead atoms. The van der Waals surface area contributed by atoms with Crippen LogP contribution in [0.15, 0.2) is 24.3 Å². The molecule has 3 aromatic rings. The Morgan fingerprint density at radius 2 is 2.26 bits per heavy atom. The maximum atomic E-state index is 11.7. The number of hydrogen-bond acceptors (Lipinski definition) is 7. The number of aromatic nitrogens is 2. The van der Waals surface area contributed by atoms with Crippen molar-refractivity contribution in [2.75, 3.05) is 18.9 Å². The predicted molar refractivity (Wildman–Crippen MR) is 105 cm³/mol. The quantitative estimate of drug-likeness (QED) is 0.674. The van der Waals surface area contributed by atoms with Gasteiger partial charge < -0.3 is 20.9 Å². The van der Waals surface area contributed by atoms with E-state index in [9.17, 15) is 4.79 Å². The van der Waals surface area contributed by atoms with Crippen molar-refractivity contribution in [3.63, 3.8) is 0 Å². The molecule has 9 heteroatoms. The van der Waals surface area contributed by atoms with E-state index in [2.05, 4.69) is 9.97 Å². The first-order chi connectivity index (χ1) is 13.0. The number of hydrogen-bond donors (Lipinski definition) is 2. The molecule has 3 heterocycles. The summed E-state index contributed by atoms with van der Waals surface area (Å²) in [6, 6.07) is 7.41. The molecule has 2 aromatic heterocycles. The van der Waals surface area contributed by atoms with Gasteiger partial charge in [-0.15, -0.1) is 11.3 Å². The molecule has 1 aromatic carbocycles. The first-order valence-electron chi connectivity index (χ1n) is 8.43. The molecular formula is C18H17ClN4O3S. The number of nitrogens with zero attached hydrogens (tertiary/aromatic N) is 2. The Labute approximate surface area is 164 Å². The molecule has 0 spiro atoms. The van der Waals surface area contributed by atoms with Crippen LogP contribution in [0, 0.1) is 0 Å². The van der Waals surface area contributed by atoms with Crippen molar-refractivity contribution in [3.05, 3.63) is 34.2 Å². The Morgan fingerprint density at radius 1 is 1.41 bits per heavy atom. The molecule has 0 radical (unpaired) electrons. The van der Waals surface area contributed by atoms with Gasteiger partial charge in [0.05, 0.1) is 22.9 Å². The number of fused-ring (bicyclic) bond motifs is 1. The molecule has 4 rings (SSSR count). The molecule has 1 unspecified atom stereocenters. The van der Waals surface area contributed by atoms with Crippen molar-refractivity contribution in [1.82, 2.24) is 9.97 Å². The van der Waals surface area contributed by atoms with Gasteiger partial charge in [-0.1, -0.05) is 23.7 Å². The van der Waals surface area contributed by atoms with Crippen LogP contribution in [0.1, 0.15) is 22.5 Å². The molecule has 1 amide bonds. The number of amides is 1. The van der Waals surface area contributed by atoms with E-state index in [1.54, 1.807) is 12.1 Å². The number of ether oxygens (including phenoxy) is 2. The van der Waals surface area contributed by atoms with E-state index in [-0.39, 0.29) is 22.7 Å². The van der Waals surface area contributed by atoms with Gasteiger partial charge in [0, 0.05) is 17.2 Å². The van der Waals surface area contributed by atoms with Crippen molar-refractivity contribution < 1.29 is 14.3 Å². The first-order valence-corrected chi connectivity index (χ1v) is 9.62. The summed E-state index contributed by atoms with van der Waals surface area (Å²) < 4.78 is 11.3. The van der Waals surface area contributed by atoms with Crippen LogP contribution in [0.4, 0.5) is 5.69 Å². The molecule has 0 aliphatic carbocycles. The molecule has 27 heavy (non-hydrogen) atoms. The number of primary amides is 1. The van der Waals surface area contributed by atoms with Crippen LogP contribution < -0.4 is 16.2 Å². The SMILES string of the molecule is NC(=O)c1sc2nc(OCC3CCCO3)nc(-c3cccc(Cl)c3)c2c1N. The molecule has 1 fully saturated rings. The minimum Gasteiger partial charge on any atom is -0.461 e. The van der Waals surface area contributed by atoms with Crippen molar-refractivity contribution in [2.45, 2.75) is 18.9 Å². The lowest BCUT2D eigenvalue weighted by atomic mass is 10.1. The summed E-state index contributed by atoms with van der Waals surface area (Å²) in [5.41, 5.74) is 13.2. The highest BCUT2D eigenvalue weighted by atomic mass is 35.5. The summed E-state index contributed by atoms with van der Waals surface area (Å²) in [5.74, 6) is -0.602. The van der Waals surface area contributed by atoms with E-state index in [0.29, 0.717) is 27.5 Å². The van der Waals surface area contributed by atoms with E-state index >= 15 is 0 Å². The largest absolute Gasteiger partial charge is 0.461 e. The van der Waals surface area contributed by atoms with Crippen molar-refractivity contribution in [1.29, 1.82) is 0 Å².